The maximum atomic E-state index is 11.7. The number of hydrogen-bond donors (Lipinski definition) is 1. The molecule has 2 aliphatic heterocycles. The fourth-order valence-corrected chi connectivity index (χ4v) is 4.79. The number of benzene rings is 2. The smallest absolute Gasteiger partial charge is 0.240 e. The summed E-state index contributed by atoms with van der Waals surface area (Å²) < 4.78 is 12.2. The van der Waals surface area contributed by atoms with E-state index in [9.17, 15) is 4.79 Å². The molecule has 0 bridgehead atoms. The summed E-state index contributed by atoms with van der Waals surface area (Å²) in [6.45, 7) is 9.51. The molecular weight excluding hydrogens is 428 g/mol. The topological polar surface area (TPSA) is 80.0 Å². The molecule has 1 N–H and O–H groups in total. The van der Waals surface area contributed by atoms with Crippen molar-refractivity contribution in [2.75, 3.05) is 19.7 Å². The predicted octanol–water partition coefficient (Wildman–Crippen LogP) is 5.00. The number of fused-ring (bicyclic) bond motifs is 1. The van der Waals surface area contributed by atoms with Crippen molar-refractivity contribution in [3.63, 3.8) is 0 Å². The van der Waals surface area contributed by atoms with Gasteiger partial charge in [0.1, 0.15) is 17.9 Å². The van der Waals surface area contributed by atoms with Gasteiger partial charge in [0.2, 0.25) is 11.8 Å². The molecule has 34 heavy (non-hydrogen) atoms. The van der Waals surface area contributed by atoms with Crippen LogP contribution in [0.1, 0.15) is 52.0 Å². The van der Waals surface area contributed by atoms with Crippen LogP contribution in [0.2, 0.25) is 0 Å². The lowest BCUT2D eigenvalue weighted by Gasteiger charge is -2.35. The Balaban J connectivity index is 1.31. The SMILES string of the molecule is CCC1CC(=O)NN=C1c1ccc2nc(-c3ccc(OCC(C)(C)N4CCCC4)cc3)oc2c1. The first-order chi connectivity index (χ1) is 16.4. The molecule has 7 heteroatoms. The van der Waals surface area contributed by atoms with Gasteiger partial charge in [-0.05, 0) is 82.6 Å². The number of hydrazone groups is 1. The van der Waals surface area contributed by atoms with Gasteiger partial charge in [-0.15, -0.1) is 0 Å². The van der Waals surface area contributed by atoms with Crippen molar-refractivity contribution in [3.8, 4) is 17.2 Å². The molecule has 3 aromatic rings. The van der Waals surface area contributed by atoms with Crippen molar-refractivity contribution in [2.45, 2.75) is 52.0 Å². The van der Waals surface area contributed by atoms with Gasteiger partial charge in [-0.1, -0.05) is 13.0 Å². The summed E-state index contributed by atoms with van der Waals surface area (Å²) in [7, 11) is 0. The molecule has 7 nitrogen and oxygen atoms in total. The summed E-state index contributed by atoms with van der Waals surface area (Å²) in [5.41, 5.74) is 6.86. The van der Waals surface area contributed by atoms with Crippen LogP contribution in [0.25, 0.3) is 22.6 Å². The zero-order chi connectivity index (χ0) is 23.7. The lowest BCUT2D eigenvalue weighted by molar-refractivity contribution is -0.122. The second-order valence-electron chi connectivity index (χ2n) is 9.86. The molecule has 2 aliphatic rings. The molecule has 0 spiro atoms. The van der Waals surface area contributed by atoms with Crippen LogP contribution in [0.4, 0.5) is 0 Å². The van der Waals surface area contributed by atoms with Crippen LogP contribution in [0.15, 0.2) is 52.0 Å². The lowest BCUT2D eigenvalue weighted by Crippen LogP contribution is -2.46. The van der Waals surface area contributed by atoms with Gasteiger partial charge in [0.25, 0.3) is 0 Å². The molecule has 1 aromatic heterocycles. The van der Waals surface area contributed by atoms with Gasteiger partial charge in [0.15, 0.2) is 5.58 Å². The zero-order valence-electron chi connectivity index (χ0n) is 20.1. The molecule has 1 unspecified atom stereocenters. The van der Waals surface area contributed by atoms with Gasteiger partial charge in [-0.2, -0.15) is 5.10 Å². The normalized spacial score (nSPS) is 19.3. The summed E-state index contributed by atoms with van der Waals surface area (Å²) in [5.74, 6) is 1.49. The summed E-state index contributed by atoms with van der Waals surface area (Å²) >= 11 is 0. The molecule has 3 heterocycles. The van der Waals surface area contributed by atoms with Crippen LogP contribution in [0.3, 0.4) is 0 Å². The monoisotopic (exact) mass is 460 g/mol. The summed E-state index contributed by atoms with van der Waals surface area (Å²) in [6.07, 6.45) is 3.86. The first-order valence-corrected chi connectivity index (χ1v) is 12.2. The molecular formula is C27H32N4O3. The van der Waals surface area contributed by atoms with Gasteiger partial charge in [0.05, 0.1) is 5.71 Å². The Hall–Kier alpha value is -3.19. The Bertz CT molecular complexity index is 1210. The fourth-order valence-electron chi connectivity index (χ4n) is 4.79. The zero-order valence-corrected chi connectivity index (χ0v) is 20.1. The van der Waals surface area contributed by atoms with E-state index < -0.39 is 0 Å². The van der Waals surface area contributed by atoms with Crippen molar-refractivity contribution in [2.24, 2.45) is 11.0 Å². The standard InChI is InChI=1S/C27H32N4O3/c1-4-18-16-24(32)29-30-25(18)20-9-12-22-23(15-20)34-26(28-22)19-7-10-21(11-8-19)33-17-27(2,3)31-13-5-6-14-31/h7-12,15,18H,4-6,13-14,16-17H2,1-3H3,(H,29,32). The molecule has 5 rings (SSSR count). The second kappa shape index (κ2) is 9.22. The number of amides is 1. The second-order valence-corrected chi connectivity index (χ2v) is 9.86. The van der Waals surface area contributed by atoms with Crippen LogP contribution in [0.5, 0.6) is 5.75 Å². The van der Waals surface area contributed by atoms with Gasteiger partial charge in [-0.25, -0.2) is 10.4 Å². The van der Waals surface area contributed by atoms with Crippen molar-refractivity contribution in [1.82, 2.24) is 15.3 Å². The Morgan fingerprint density at radius 2 is 1.85 bits per heavy atom. The molecule has 0 saturated carbocycles. The van der Waals surface area contributed by atoms with Crippen LogP contribution < -0.4 is 10.2 Å². The molecule has 1 amide bonds. The quantitative estimate of drug-likeness (QED) is 0.537. The van der Waals surface area contributed by atoms with Gasteiger partial charge < -0.3 is 9.15 Å². The number of carbonyl (C=O) groups excluding carboxylic acids is 1. The predicted molar refractivity (Wildman–Crippen MR) is 133 cm³/mol. The highest BCUT2D eigenvalue weighted by molar-refractivity contribution is 6.07. The Labute approximate surface area is 200 Å². The number of nitrogens with zero attached hydrogens (tertiary/aromatic N) is 3. The van der Waals surface area contributed by atoms with Crippen molar-refractivity contribution in [3.05, 3.63) is 48.0 Å². The number of aromatic nitrogens is 1. The van der Waals surface area contributed by atoms with Gasteiger partial charge >= 0.3 is 0 Å². The molecule has 0 radical (unpaired) electrons. The lowest BCUT2D eigenvalue weighted by atomic mass is 9.90. The molecule has 2 aromatic carbocycles. The largest absolute Gasteiger partial charge is 0.492 e. The highest BCUT2D eigenvalue weighted by atomic mass is 16.5. The van der Waals surface area contributed by atoms with E-state index >= 15 is 0 Å². The minimum atomic E-state index is -0.0364. The Morgan fingerprint density at radius 3 is 2.59 bits per heavy atom. The van der Waals surface area contributed by atoms with Crippen LogP contribution in [0, 0.1) is 5.92 Å². The van der Waals surface area contributed by atoms with Crippen LogP contribution >= 0.6 is 0 Å². The summed E-state index contributed by atoms with van der Waals surface area (Å²) in [4.78, 5) is 18.9. The van der Waals surface area contributed by atoms with Gasteiger partial charge in [-0.3, -0.25) is 9.69 Å². The third-order valence-electron chi connectivity index (χ3n) is 6.95. The van der Waals surface area contributed by atoms with E-state index in [4.69, 9.17) is 9.15 Å². The van der Waals surface area contributed by atoms with Gasteiger partial charge in [0, 0.05) is 29.0 Å². The van der Waals surface area contributed by atoms with Crippen LogP contribution in [-0.4, -0.2) is 46.7 Å². The molecule has 178 valence electrons. The highest BCUT2D eigenvalue weighted by Crippen LogP contribution is 2.29. The third-order valence-corrected chi connectivity index (χ3v) is 6.95. The van der Waals surface area contributed by atoms with E-state index in [0.717, 1.165) is 47.6 Å². The van der Waals surface area contributed by atoms with Crippen molar-refractivity contribution in [1.29, 1.82) is 0 Å². The highest BCUT2D eigenvalue weighted by Gasteiger charge is 2.30. The number of hydrogen-bond acceptors (Lipinski definition) is 6. The first-order valence-electron chi connectivity index (χ1n) is 12.2. The maximum absolute atomic E-state index is 11.7. The molecule has 1 atom stereocenters. The Kier molecular flexibility index (Phi) is 6.13. The average Bonchev–Trinajstić information content (AvgIpc) is 3.53. The molecule has 1 fully saturated rings. The van der Waals surface area contributed by atoms with E-state index in [0.29, 0.717) is 24.5 Å². The maximum Gasteiger partial charge on any atom is 0.240 e. The summed E-state index contributed by atoms with van der Waals surface area (Å²) in [5, 5.41) is 4.31. The number of carbonyl (C=O) groups is 1. The van der Waals surface area contributed by atoms with E-state index in [1.807, 2.05) is 42.5 Å². The third kappa shape index (κ3) is 4.57. The minimum Gasteiger partial charge on any atom is -0.492 e. The number of likely N-dealkylation sites (tertiary alicyclic amines) is 1. The number of nitrogens with one attached hydrogen (secondary N) is 1. The van der Waals surface area contributed by atoms with E-state index in [-0.39, 0.29) is 17.4 Å². The van der Waals surface area contributed by atoms with Crippen molar-refractivity contribution < 1.29 is 13.9 Å². The fraction of sp³-hybridized carbons (Fsp3) is 0.444. The van der Waals surface area contributed by atoms with Crippen LogP contribution in [-0.2, 0) is 4.79 Å². The first kappa shape index (κ1) is 22.6. The van der Waals surface area contributed by atoms with E-state index in [2.05, 4.69) is 41.2 Å². The minimum absolute atomic E-state index is 0.0232. The number of rotatable bonds is 7. The average molecular weight is 461 g/mol. The molecule has 0 aliphatic carbocycles. The summed E-state index contributed by atoms with van der Waals surface area (Å²) in [6, 6.07) is 13.8. The molecule has 1 saturated heterocycles. The van der Waals surface area contributed by atoms with E-state index in [1.54, 1.807) is 0 Å². The van der Waals surface area contributed by atoms with Crippen molar-refractivity contribution >= 4 is 22.7 Å². The Morgan fingerprint density at radius 1 is 1.12 bits per heavy atom. The number of oxazole rings is 1. The number of ether oxygens (including phenoxy) is 1. The van der Waals surface area contributed by atoms with E-state index in [1.165, 1.54) is 12.8 Å².